The first-order valence-electron chi connectivity index (χ1n) is 14.2. The van der Waals surface area contributed by atoms with E-state index in [9.17, 15) is 18.0 Å². The lowest BCUT2D eigenvalue weighted by Gasteiger charge is -2.33. The number of nitrogens with one attached hydrogen (secondary N) is 1. The Bertz CT molecular complexity index is 1520. The highest BCUT2D eigenvalue weighted by Crippen LogP contribution is 2.27. The van der Waals surface area contributed by atoms with Gasteiger partial charge >= 0.3 is 0 Å². The third-order valence-electron chi connectivity index (χ3n) is 7.63. The minimum Gasteiger partial charge on any atom is -0.352 e. The van der Waals surface area contributed by atoms with Gasteiger partial charge in [-0.05, 0) is 81.1 Å². The lowest BCUT2D eigenvalue weighted by atomic mass is 9.95. The third kappa shape index (κ3) is 7.85. The van der Waals surface area contributed by atoms with Gasteiger partial charge in [0.2, 0.25) is 11.8 Å². The summed E-state index contributed by atoms with van der Waals surface area (Å²) in [6.07, 6.45) is 5.04. The highest BCUT2D eigenvalue weighted by Gasteiger charge is 2.33. The van der Waals surface area contributed by atoms with Crippen LogP contribution in [0.2, 0.25) is 10.0 Å². The third-order valence-corrected chi connectivity index (χ3v) is 10.2. The quantitative estimate of drug-likeness (QED) is 0.271. The second kappa shape index (κ2) is 13.9. The lowest BCUT2D eigenvalue weighted by Crippen LogP contribution is -2.53. The Labute approximate surface area is 258 Å². The first-order chi connectivity index (χ1) is 20.0. The summed E-state index contributed by atoms with van der Waals surface area (Å²) in [4.78, 5) is 29.0. The zero-order valence-electron chi connectivity index (χ0n) is 24.1. The van der Waals surface area contributed by atoms with Crippen LogP contribution in [0.1, 0.15) is 55.7 Å². The average molecular weight is 631 g/mol. The normalized spacial score (nSPS) is 14.7. The van der Waals surface area contributed by atoms with Crippen LogP contribution in [0.5, 0.6) is 0 Å². The predicted molar refractivity (Wildman–Crippen MR) is 168 cm³/mol. The summed E-state index contributed by atoms with van der Waals surface area (Å²) in [5.74, 6) is -0.802. The molecule has 7 nitrogen and oxygen atoms in total. The van der Waals surface area contributed by atoms with Crippen molar-refractivity contribution < 1.29 is 18.0 Å². The van der Waals surface area contributed by atoms with Gasteiger partial charge in [0.25, 0.3) is 10.0 Å². The van der Waals surface area contributed by atoms with Gasteiger partial charge in [-0.2, -0.15) is 0 Å². The Morgan fingerprint density at radius 1 is 0.905 bits per heavy atom. The number of aryl methyl sites for hydroxylation is 2. The van der Waals surface area contributed by atoms with E-state index in [0.29, 0.717) is 21.3 Å². The van der Waals surface area contributed by atoms with Gasteiger partial charge in [-0.25, -0.2) is 8.42 Å². The van der Waals surface area contributed by atoms with Crippen molar-refractivity contribution in [3.05, 3.63) is 93.5 Å². The van der Waals surface area contributed by atoms with Crippen LogP contribution in [-0.2, 0) is 26.2 Å². The second-order valence-electron chi connectivity index (χ2n) is 11.0. The summed E-state index contributed by atoms with van der Waals surface area (Å²) < 4.78 is 29.0. The molecule has 1 atom stereocenters. The molecule has 0 radical (unpaired) electrons. The number of nitrogens with zero attached hydrogens (tertiary/aromatic N) is 2. The molecule has 0 unspecified atom stereocenters. The van der Waals surface area contributed by atoms with E-state index in [1.54, 1.807) is 55.5 Å². The molecule has 2 amide bonds. The molecule has 0 aromatic heterocycles. The highest BCUT2D eigenvalue weighted by molar-refractivity contribution is 7.92. The fraction of sp³-hybridized carbons (Fsp3) is 0.375. The summed E-state index contributed by atoms with van der Waals surface area (Å²) in [7, 11) is -4.12. The van der Waals surface area contributed by atoms with Crippen LogP contribution >= 0.6 is 23.2 Å². The number of halogens is 2. The van der Waals surface area contributed by atoms with E-state index in [0.717, 1.165) is 47.5 Å². The van der Waals surface area contributed by atoms with Gasteiger partial charge in [-0.15, -0.1) is 0 Å². The minimum absolute atomic E-state index is 0.0429. The molecule has 224 valence electrons. The number of hydrogen-bond donors (Lipinski definition) is 1. The summed E-state index contributed by atoms with van der Waals surface area (Å²) in [6, 6.07) is 17.7. The molecule has 10 heteroatoms. The molecule has 1 aliphatic carbocycles. The Morgan fingerprint density at radius 3 is 2.24 bits per heavy atom. The van der Waals surface area contributed by atoms with Gasteiger partial charge in [0.15, 0.2) is 0 Å². The molecule has 1 fully saturated rings. The Balaban J connectivity index is 1.69. The van der Waals surface area contributed by atoms with Crippen LogP contribution in [0.4, 0.5) is 5.69 Å². The molecule has 0 aliphatic heterocycles. The van der Waals surface area contributed by atoms with Crippen molar-refractivity contribution in [2.45, 2.75) is 76.4 Å². The average Bonchev–Trinajstić information content (AvgIpc) is 2.96. The molecule has 0 bridgehead atoms. The first-order valence-corrected chi connectivity index (χ1v) is 16.3. The van der Waals surface area contributed by atoms with Gasteiger partial charge in [0.1, 0.15) is 12.6 Å². The monoisotopic (exact) mass is 629 g/mol. The van der Waals surface area contributed by atoms with E-state index >= 15 is 0 Å². The van der Waals surface area contributed by atoms with Gasteiger partial charge in [-0.1, -0.05) is 78.4 Å². The number of carbonyl (C=O) groups is 2. The topological polar surface area (TPSA) is 86.8 Å². The molecule has 0 heterocycles. The van der Waals surface area contributed by atoms with Crippen LogP contribution < -0.4 is 9.62 Å². The van der Waals surface area contributed by atoms with Gasteiger partial charge < -0.3 is 10.2 Å². The van der Waals surface area contributed by atoms with Crippen molar-refractivity contribution in [2.24, 2.45) is 0 Å². The molecule has 1 saturated carbocycles. The van der Waals surface area contributed by atoms with Crippen LogP contribution in [-0.4, -0.2) is 43.8 Å². The number of anilines is 1. The zero-order chi connectivity index (χ0) is 30.4. The molecule has 4 rings (SSSR count). The standard InChI is InChI=1S/C32H37Cl2N3O4S/c1-22-12-15-28(16-13-22)42(40,41)37(27-11-7-8-23(2)18-27)21-31(38)36(20-25-14-17-29(33)30(34)19-25)24(3)32(39)35-26-9-5-4-6-10-26/h7-8,11-19,24,26H,4-6,9-10,20-21H2,1-3H3,(H,35,39)/t24-/m1/s1. The Morgan fingerprint density at radius 2 is 1.60 bits per heavy atom. The van der Waals surface area contributed by atoms with Crippen molar-refractivity contribution in [3.63, 3.8) is 0 Å². The van der Waals surface area contributed by atoms with Crippen LogP contribution in [0.15, 0.2) is 71.6 Å². The van der Waals surface area contributed by atoms with Gasteiger partial charge in [-0.3, -0.25) is 13.9 Å². The van der Waals surface area contributed by atoms with Crippen molar-refractivity contribution in [3.8, 4) is 0 Å². The van der Waals surface area contributed by atoms with E-state index in [2.05, 4.69) is 5.32 Å². The van der Waals surface area contributed by atoms with E-state index < -0.39 is 28.5 Å². The summed E-state index contributed by atoms with van der Waals surface area (Å²) in [5, 5.41) is 3.80. The fourth-order valence-corrected chi connectivity index (χ4v) is 6.86. The Kier molecular flexibility index (Phi) is 10.6. The molecule has 42 heavy (non-hydrogen) atoms. The number of amides is 2. The molecule has 3 aromatic rings. The number of carbonyl (C=O) groups excluding carboxylic acids is 2. The molecule has 1 N–H and O–H groups in total. The van der Waals surface area contributed by atoms with Gasteiger partial charge in [0.05, 0.1) is 20.6 Å². The van der Waals surface area contributed by atoms with Crippen LogP contribution in [0.3, 0.4) is 0 Å². The van der Waals surface area contributed by atoms with Crippen molar-refractivity contribution in [2.75, 3.05) is 10.8 Å². The fourth-order valence-electron chi connectivity index (χ4n) is 5.14. The van der Waals surface area contributed by atoms with E-state index in [-0.39, 0.29) is 23.4 Å². The Hall–Kier alpha value is -3.07. The molecule has 0 saturated heterocycles. The van der Waals surface area contributed by atoms with Gasteiger partial charge in [0, 0.05) is 12.6 Å². The van der Waals surface area contributed by atoms with E-state index in [1.165, 1.54) is 17.0 Å². The molecular formula is C32H37Cl2N3O4S. The lowest BCUT2D eigenvalue weighted by molar-refractivity contribution is -0.139. The summed E-state index contributed by atoms with van der Waals surface area (Å²) in [5.41, 5.74) is 2.78. The zero-order valence-corrected chi connectivity index (χ0v) is 26.5. The summed E-state index contributed by atoms with van der Waals surface area (Å²) in [6.45, 7) is 4.94. The highest BCUT2D eigenvalue weighted by atomic mass is 35.5. The van der Waals surface area contributed by atoms with Crippen molar-refractivity contribution >= 4 is 50.7 Å². The number of sulfonamides is 1. The van der Waals surface area contributed by atoms with E-state index in [4.69, 9.17) is 23.2 Å². The largest absolute Gasteiger partial charge is 0.352 e. The number of benzene rings is 3. The van der Waals surface area contributed by atoms with Crippen molar-refractivity contribution in [1.29, 1.82) is 0 Å². The molecule has 0 spiro atoms. The first kappa shape index (κ1) is 31.9. The maximum absolute atomic E-state index is 14.1. The molecular weight excluding hydrogens is 593 g/mol. The smallest absolute Gasteiger partial charge is 0.264 e. The number of rotatable bonds is 10. The minimum atomic E-state index is -4.12. The predicted octanol–water partition coefficient (Wildman–Crippen LogP) is 6.67. The maximum Gasteiger partial charge on any atom is 0.264 e. The molecule has 3 aromatic carbocycles. The summed E-state index contributed by atoms with van der Waals surface area (Å²) >= 11 is 12.4. The van der Waals surface area contributed by atoms with Crippen molar-refractivity contribution in [1.82, 2.24) is 10.2 Å². The maximum atomic E-state index is 14.1. The SMILES string of the molecule is Cc1ccc(S(=O)(=O)N(CC(=O)N(Cc2ccc(Cl)c(Cl)c2)[C@H](C)C(=O)NC2CCCCC2)c2cccc(C)c2)cc1. The van der Waals surface area contributed by atoms with E-state index in [1.807, 2.05) is 19.9 Å². The van der Waals surface area contributed by atoms with Crippen LogP contribution in [0.25, 0.3) is 0 Å². The molecule has 1 aliphatic rings. The number of hydrogen-bond acceptors (Lipinski definition) is 4. The second-order valence-corrected chi connectivity index (χ2v) is 13.6. The van der Waals surface area contributed by atoms with Crippen LogP contribution in [0, 0.1) is 13.8 Å².